The van der Waals surface area contributed by atoms with Crippen LogP contribution in [0.4, 0.5) is 0 Å². The molecule has 0 radical (unpaired) electrons. The van der Waals surface area contributed by atoms with E-state index in [2.05, 4.69) is 5.32 Å². The van der Waals surface area contributed by atoms with E-state index in [-0.39, 0.29) is 15.6 Å². The number of hydrogen-bond acceptors (Lipinski definition) is 4. The number of alkyl halides is 1. The summed E-state index contributed by atoms with van der Waals surface area (Å²) in [4.78, 5) is 23.9. The molecule has 5 nitrogen and oxygen atoms in total. The van der Waals surface area contributed by atoms with Crippen molar-refractivity contribution in [2.45, 2.75) is 35.9 Å². The first kappa shape index (κ1) is 14.4. The molecular formula is C11H16ClNO4Te. The Bertz CT molecular complexity index is 427. The summed E-state index contributed by atoms with van der Waals surface area (Å²) < 4.78 is 10.7. The molecular weight excluding hydrogens is 373 g/mol. The van der Waals surface area contributed by atoms with E-state index in [0.29, 0.717) is 6.42 Å². The number of β-lactam (4-membered cyclic amide) rings is 1. The van der Waals surface area contributed by atoms with Gasteiger partial charge in [-0.1, -0.05) is 0 Å². The molecule has 2 saturated heterocycles. The summed E-state index contributed by atoms with van der Waals surface area (Å²) in [5, 5.41) is 12.9. The summed E-state index contributed by atoms with van der Waals surface area (Å²) in [6.07, 6.45) is -0.619. The van der Waals surface area contributed by atoms with Gasteiger partial charge in [-0.2, -0.15) is 0 Å². The number of aliphatic hydroxyl groups is 1. The van der Waals surface area contributed by atoms with Crippen molar-refractivity contribution in [1.82, 2.24) is 5.32 Å². The Balaban J connectivity index is 2.41. The fraction of sp³-hybridized carbons (Fsp3) is 0.818. The van der Waals surface area contributed by atoms with E-state index in [1.54, 1.807) is 13.8 Å². The van der Waals surface area contributed by atoms with Crippen LogP contribution in [0.5, 0.6) is 0 Å². The molecule has 0 saturated carbocycles. The number of halogens is 1. The number of aliphatic hydroxyl groups excluding tert-OH is 1. The van der Waals surface area contributed by atoms with Gasteiger partial charge >= 0.3 is 118 Å². The van der Waals surface area contributed by atoms with Gasteiger partial charge in [0, 0.05) is 0 Å². The maximum absolute atomic E-state index is 12.4. The van der Waals surface area contributed by atoms with E-state index in [0.717, 1.165) is 0 Å². The zero-order chi connectivity index (χ0) is 13.7. The SMILES string of the molecule is CC(C)[C@H](O)[C@]12C(=O)N[C@H]1C(CCCl)C(=O)[Te]2=O. The number of hydrogen-bond donors (Lipinski definition) is 2. The Labute approximate surface area is 117 Å². The molecule has 0 aromatic heterocycles. The standard InChI is InChI=1S/C11H16ClNO4Te/c1-5(2)8(14)11-7(13-10(11)16)6(3-4-12)9(15)18(11)17/h5-8,14H,3-4H2,1-2H3,(H,13,16)/t6?,7-,8-,11-/m0/s1. The van der Waals surface area contributed by atoms with E-state index in [1.807, 2.05) is 0 Å². The van der Waals surface area contributed by atoms with E-state index < -0.39 is 47.0 Å². The molecule has 2 fully saturated rings. The molecule has 0 bridgehead atoms. The van der Waals surface area contributed by atoms with Crippen molar-refractivity contribution in [3.05, 3.63) is 0 Å². The van der Waals surface area contributed by atoms with Crippen molar-refractivity contribution in [3.8, 4) is 0 Å². The van der Waals surface area contributed by atoms with Crippen LogP contribution >= 0.6 is 11.6 Å². The molecule has 0 spiro atoms. The van der Waals surface area contributed by atoms with Crippen LogP contribution in [0.15, 0.2) is 0 Å². The van der Waals surface area contributed by atoms with E-state index in [4.69, 9.17) is 11.6 Å². The van der Waals surface area contributed by atoms with Gasteiger partial charge in [0.2, 0.25) is 0 Å². The molecule has 0 aromatic carbocycles. The molecule has 0 aromatic rings. The Hall–Kier alpha value is -0.0204. The summed E-state index contributed by atoms with van der Waals surface area (Å²) in [7, 11) is 0. The zero-order valence-electron chi connectivity index (χ0n) is 10.2. The number of nitrogens with one attached hydrogen (secondary N) is 1. The number of amides is 1. The fourth-order valence-electron chi connectivity index (χ4n) is 2.79. The van der Waals surface area contributed by atoms with Gasteiger partial charge in [0.25, 0.3) is 0 Å². The molecule has 2 aliphatic heterocycles. The molecule has 1 amide bonds. The summed E-state index contributed by atoms with van der Waals surface area (Å²) in [6, 6.07) is -0.484. The predicted octanol–water partition coefficient (Wildman–Crippen LogP) is 0.0311. The number of fused-ring (bicyclic) bond motifs is 1. The second-order valence-electron chi connectivity index (χ2n) is 5.11. The van der Waals surface area contributed by atoms with Crippen molar-refractivity contribution < 1.29 is 17.8 Å². The Kier molecular flexibility index (Phi) is 3.86. The topological polar surface area (TPSA) is 83.5 Å². The van der Waals surface area contributed by atoms with Crippen LogP contribution in [0, 0.1) is 11.8 Å². The van der Waals surface area contributed by atoms with Gasteiger partial charge in [0.1, 0.15) is 0 Å². The average molecular weight is 389 g/mol. The van der Waals surface area contributed by atoms with Crippen molar-refractivity contribution in [1.29, 1.82) is 0 Å². The van der Waals surface area contributed by atoms with E-state index in [1.165, 1.54) is 0 Å². The van der Waals surface area contributed by atoms with Gasteiger partial charge in [-0.05, 0) is 0 Å². The summed E-state index contributed by atoms with van der Waals surface area (Å²) in [5.41, 5.74) is 0. The molecule has 7 heteroatoms. The van der Waals surface area contributed by atoms with Gasteiger partial charge in [-0.3, -0.25) is 0 Å². The first-order chi connectivity index (χ1) is 8.38. The van der Waals surface area contributed by atoms with Crippen molar-refractivity contribution in [2.24, 2.45) is 11.8 Å². The summed E-state index contributed by atoms with van der Waals surface area (Å²) >= 11 is 2.09. The molecule has 18 heavy (non-hydrogen) atoms. The van der Waals surface area contributed by atoms with Crippen LogP contribution < -0.4 is 5.32 Å². The van der Waals surface area contributed by atoms with Gasteiger partial charge in [0.15, 0.2) is 0 Å². The third-order valence-corrected chi connectivity index (χ3v) is 9.61. The van der Waals surface area contributed by atoms with Crippen molar-refractivity contribution in [3.63, 3.8) is 0 Å². The summed E-state index contributed by atoms with van der Waals surface area (Å²) in [5.74, 6) is -0.838. The van der Waals surface area contributed by atoms with Crippen molar-refractivity contribution in [2.75, 3.05) is 5.88 Å². The third kappa shape index (κ3) is 1.62. The first-order valence-electron chi connectivity index (χ1n) is 5.89. The molecule has 0 aliphatic carbocycles. The van der Waals surface area contributed by atoms with E-state index >= 15 is 0 Å². The monoisotopic (exact) mass is 391 g/mol. The third-order valence-electron chi connectivity index (χ3n) is 3.79. The minimum absolute atomic E-state index is 0.210. The second-order valence-corrected chi connectivity index (χ2v) is 10.1. The first-order valence-corrected chi connectivity index (χ1v) is 9.71. The molecule has 2 heterocycles. The van der Waals surface area contributed by atoms with Crippen LogP contribution in [0.1, 0.15) is 20.3 Å². The molecule has 2 rings (SSSR count). The number of rotatable bonds is 4. The summed E-state index contributed by atoms with van der Waals surface area (Å²) in [6.45, 7) is 3.52. The Morgan fingerprint density at radius 2 is 2.11 bits per heavy atom. The van der Waals surface area contributed by atoms with Crippen molar-refractivity contribution >= 4 is 40.9 Å². The maximum atomic E-state index is 12.4. The van der Waals surface area contributed by atoms with Gasteiger partial charge in [0.05, 0.1) is 0 Å². The zero-order valence-corrected chi connectivity index (χ0v) is 13.3. The van der Waals surface area contributed by atoms with Crippen LogP contribution in [-0.2, 0) is 12.7 Å². The number of carbonyl (C=O) groups is 2. The number of carbonyl (C=O) groups excluding carboxylic acids is 2. The Morgan fingerprint density at radius 1 is 1.50 bits per heavy atom. The van der Waals surface area contributed by atoms with Crippen LogP contribution in [0.2, 0.25) is 3.46 Å². The van der Waals surface area contributed by atoms with Crippen LogP contribution in [0.3, 0.4) is 0 Å². The molecule has 102 valence electrons. The van der Waals surface area contributed by atoms with E-state index in [9.17, 15) is 17.8 Å². The minimum atomic E-state index is -3.56. The van der Waals surface area contributed by atoms with Crippen LogP contribution in [-0.4, -0.2) is 52.4 Å². The average Bonchev–Trinajstić information content (AvgIpc) is 2.47. The van der Waals surface area contributed by atoms with Gasteiger partial charge < -0.3 is 0 Å². The quantitative estimate of drug-likeness (QED) is 0.404. The second kappa shape index (κ2) is 4.82. The molecule has 2 N–H and O–H groups in total. The molecule has 1 unspecified atom stereocenters. The molecule has 2 aliphatic rings. The van der Waals surface area contributed by atoms with Gasteiger partial charge in [-0.25, -0.2) is 0 Å². The predicted molar refractivity (Wildman–Crippen MR) is 65.7 cm³/mol. The normalized spacial score (nSPS) is 37.4. The Morgan fingerprint density at radius 3 is 2.56 bits per heavy atom. The van der Waals surface area contributed by atoms with Crippen LogP contribution in [0.25, 0.3) is 0 Å². The van der Waals surface area contributed by atoms with Gasteiger partial charge in [-0.15, -0.1) is 0 Å². The molecule has 4 atom stereocenters. The fourth-order valence-corrected chi connectivity index (χ4v) is 8.83.